The summed E-state index contributed by atoms with van der Waals surface area (Å²) in [5.41, 5.74) is 2.50. The largest absolute Gasteiger partial charge is 0.497 e. The van der Waals surface area contributed by atoms with E-state index in [1.54, 1.807) is 21.3 Å². The lowest BCUT2D eigenvalue weighted by Gasteiger charge is -2.35. The highest BCUT2D eigenvalue weighted by atomic mass is 79.9. The fourth-order valence-corrected chi connectivity index (χ4v) is 3.98. The molecule has 0 saturated carbocycles. The van der Waals surface area contributed by atoms with Gasteiger partial charge < -0.3 is 24.4 Å². The van der Waals surface area contributed by atoms with Crippen molar-refractivity contribution >= 4 is 27.9 Å². The molecule has 0 unspecified atom stereocenters. The number of halogens is 1. The van der Waals surface area contributed by atoms with Gasteiger partial charge in [-0.3, -0.25) is 9.80 Å². The van der Waals surface area contributed by atoms with Gasteiger partial charge in [-0.2, -0.15) is 0 Å². The van der Waals surface area contributed by atoms with Gasteiger partial charge in [0.05, 0.1) is 25.8 Å². The number of hydrogen-bond acceptors (Lipinski definition) is 7. The topological polar surface area (TPSA) is 109 Å². The van der Waals surface area contributed by atoms with Crippen molar-refractivity contribution < 1.29 is 34.0 Å². The molecule has 2 N–H and O–H groups in total. The first-order chi connectivity index (χ1) is 15.8. The van der Waals surface area contributed by atoms with Gasteiger partial charge in [0.2, 0.25) is 0 Å². The van der Waals surface area contributed by atoms with Crippen molar-refractivity contribution in [3.8, 4) is 17.2 Å². The first kappa shape index (κ1) is 26.4. The predicted octanol–water partition coefficient (Wildman–Crippen LogP) is 2.95. The third-order valence-corrected chi connectivity index (χ3v) is 5.78. The molecule has 2 aromatic carbocycles. The zero-order valence-corrected chi connectivity index (χ0v) is 20.5. The summed E-state index contributed by atoms with van der Waals surface area (Å²) in [6.45, 7) is 6.07. The van der Waals surface area contributed by atoms with Gasteiger partial charge in [-0.05, 0) is 39.7 Å². The number of hydrogen-bond donors (Lipinski definition) is 2. The molecule has 1 saturated heterocycles. The van der Waals surface area contributed by atoms with E-state index in [1.165, 1.54) is 11.1 Å². The van der Waals surface area contributed by atoms with E-state index in [4.69, 9.17) is 34.0 Å². The van der Waals surface area contributed by atoms with Crippen LogP contribution in [0.4, 0.5) is 0 Å². The van der Waals surface area contributed by atoms with E-state index in [0.717, 1.165) is 61.0 Å². The Hall–Kier alpha value is -2.82. The second kappa shape index (κ2) is 13.0. The third-order valence-electron chi connectivity index (χ3n) is 5.16. The lowest BCUT2D eigenvalue weighted by molar-refractivity contribution is -0.159. The number of carboxylic acid groups (broad SMARTS) is 2. The number of carboxylic acids is 2. The maximum atomic E-state index is 9.10. The molecule has 0 amide bonds. The summed E-state index contributed by atoms with van der Waals surface area (Å²) in [6.07, 6.45) is 0. The van der Waals surface area contributed by atoms with Crippen LogP contribution in [0.2, 0.25) is 0 Å². The van der Waals surface area contributed by atoms with E-state index in [2.05, 4.69) is 43.9 Å². The zero-order valence-electron chi connectivity index (χ0n) is 18.9. The molecular formula is C23H29BrN2O7. The highest BCUT2D eigenvalue weighted by Crippen LogP contribution is 2.27. The van der Waals surface area contributed by atoms with Gasteiger partial charge in [0.1, 0.15) is 17.2 Å². The lowest BCUT2D eigenvalue weighted by atomic mass is 10.1. The number of ether oxygens (including phenoxy) is 3. The first-order valence-electron chi connectivity index (χ1n) is 10.2. The molecule has 9 nitrogen and oxygen atoms in total. The van der Waals surface area contributed by atoms with Gasteiger partial charge >= 0.3 is 11.9 Å². The Kier molecular flexibility index (Phi) is 10.4. The van der Waals surface area contributed by atoms with Crippen LogP contribution in [0.5, 0.6) is 17.2 Å². The molecule has 1 aliphatic rings. The molecule has 2 aromatic rings. The van der Waals surface area contributed by atoms with Crippen LogP contribution in [0.3, 0.4) is 0 Å². The van der Waals surface area contributed by atoms with Crippen molar-refractivity contribution in [1.82, 2.24) is 9.80 Å². The average molecular weight is 525 g/mol. The number of methoxy groups -OCH3 is 3. The van der Waals surface area contributed by atoms with Crippen LogP contribution in [-0.2, 0) is 22.7 Å². The molecule has 0 aliphatic carbocycles. The van der Waals surface area contributed by atoms with Crippen LogP contribution in [0.1, 0.15) is 11.1 Å². The van der Waals surface area contributed by atoms with Crippen molar-refractivity contribution in [1.29, 1.82) is 0 Å². The van der Waals surface area contributed by atoms with Crippen molar-refractivity contribution in [3.05, 3.63) is 52.0 Å². The molecule has 1 aliphatic heterocycles. The smallest absolute Gasteiger partial charge is 0.414 e. The van der Waals surface area contributed by atoms with Crippen molar-refractivity contribution in [2.75, 3.05) is 47.5 Å². The Morgan fingerprint density at radius 1 is 0.818 bits per heavy atom. The number of piperazine rings is 1. The predicted molar refractivity (Wildman–Crippen MR) is 126 cm³/mol. The summed E-state index contributed by atoms with van der Waals surface area (Å²) >= 11 is 3.57. The lowest BCUT2D eigenvalue weighted by Crippen LogP contribution is -2.45. The molecule has 1 fully saturated rings. The van der Waals surface area contributed by atoms with Gasteiger partial charge in [0.25, 0.3) is 0 Å². The monoisotopic (exact) mass is 524 g/mol. The first-order valence-corrected chi connectivity index (χ1v) is 11.0. The number of carbonyl (C=O) groups is 2. The van der Waals surface area contributed by atoms with E-state index in [1.807, 2.05) is 18.2 Å². The summed E-state index contributed by atoms with van der Waals surface area (Å²) in [6, 6.07) is 12.3. The minimum Gasteiger partial charge on any atom is -0.497 e. The molecule has 33 heavy (non-hydrogen) atoms. The number of rotatable bonds is 7. The quantitative estimate of drug-likeness (QED) is 0.528. The molecular weight excluding hydrogens is 496 g/mol. The summed E-state index contributed by atoms with van der Waals surface area (Å²) in [4.78, 5) is 23.2. The Bertz CT molecular complexity index is 934. The van der Waals surface area contributed by atoms with Crippen molar-refractivity contribution in [2.24, 2.45) is 0 Å². The number of nitrogens with zero attached hydrogens (tertiary/aromatic N) is 2. The number of benzene rings is 2. The van der Waals surface area contributed by atoms with Crippen molar-refractivity contribution in [2.45, 2.75) is 13.1 Å². The fourth-order valence-electron chi connectivity index (χ4n) is 3.40. The minimum absolute atomic E-state index is 0.825. The van der Waals surface area contributed by atoms with E-state index in [0.29, 0.717) is 0 Å². The van der Waals surface area contributed by atoms with E-state index in [9.17, 15) is 0 Å². The zero-order chi connectivity index (χ0) is 24.4. The van der Waals surface area contributed by atoms with Gasteiger partial charge in [0, 0.05) is 50.9 Å². The minimum atomic E-state index is -1.82. The second-order valence-corrected chi connectivity index (χ2v) is 8.16. The van der Waals surface area contributed by atoms with Gasteiger partial charge in [-0.15, -0.1) is 0 Å². The molecule has 180 valence electrons. The normalized spacial score (nSPS) is 14.1. The Labute approximate surface area is 201 Å². The summed E-state index contributed by atoms with van der Waals surface area (Å²) in [5.74, 6) is -1.06. The Morgan fingerprint density at radius 3 is 1.88 bits per heavy atom. The Balaban J connectivity index is 0.000000569. The van der Waals surface area contributed by atoms with E-state index < -0.39 is 11.9 Å². The van der Waals surface area contributed by atoms with Crippen LogP contribution >= 0.6 is 15.9 Å². The average Bonchev–Trinajstić information content (AvgIpc) is 2.81. The molecule has 0 aromatic heterocycles. The van der Waals surface area contributed by atoms with Crippen molar-refractivity contribution in [3.63, 3.8) is 0 Å². The van der Waals surface area contributed by atoms with Crippen LogP contribution < -0.4 is 14.2 Å². The fraction of sp³-hybridized carbons (Fsp3) is 0.391. The molecule has 10 heteroatoms. The second-order valence-electron chi connectivity index (χ2n) is 7.31. The van der Waals surface area contributed by atoms with Gasteiger partial charge in [-0.1, -0.05) is 12.1 Å². The SMILES string of the molecule is COc1ccc(CN2CCN(Cc3ccc(OC)c(Br)c3)CC2)c(OC)c1.O=C(O)C(=O)O. The van der Waals surface area contributed by atoms with Crippen LogP contribution in [0.25, 0.3) is 0 Å². The molecule has 0 spiro atoms. The maximum absolute atomic E-state index is 9.10. The highest BCUT2D eigenvalue weighted by Gasteiger charge is 2.19. The van der Waals surface area contributed by atoms with Crippen LogP contribution in [0.15, 0.2) is 40.9 Å². The van der Waals surface area contributed by atoms with Crippen LogP contribution in [-0.4, -0.2) is 79.5 Å². The van der Waals surface area contributed by atoms with E-state index in [-0.39, 0.29) is 0 Å². The summed E-state index contributed by atoms with van der Waals surface area (Å²) in [7, 11) is 5.08. The molecule has 3 rings (SSSR count). The maximum Gasteiger partial charge on any atom is 0.414 e. The molecule has 0 bridgehead atoms. The third kappa shape index (κ3) is 8.23. The summed E-state index contributed by atoms with van der Waals surface area (Å²) in [5, 5.41) is 14.8. The standard InChI is InChI=1S/C21H27BrN2O3.C2H2O4/c1-25-18-6-5-17(21(13-18)27-3)15-24-10-8-23(9-11-24)14-16-4-7-20(26-2)19(22)12-16;3-1(4)2(5)6/h4-7,12-13H,8-11,14-15H2,1-3H3;(H,3,4)(H,5,6). The summed E-state index contributed by atoms with van der Waals surface area (Å²) < 4.78 is 17.1. The van der Waals surface area contributed by atoms with Gasteiger partial charge in [-0.25, -0.2) is 9.59 Å². The van der Waals surface area contributed by atoms with E-state index >= 15 is 0 Å². The van der Waals surface area contributed by atoms with Crippen LogP contribution in [0, 0.1) is 0 Å². The Morgan fingerprint density at radius 2 is 1.39 bits per heavy atom. The number of aliphatic carboxylic acids is 2. The van der Waals surface area contributed by atoms with Gasteiger partial charge in [0.15, 0.2) is 0 Å². The molecule has 0 radical (unpaired) electrons. The molecule has 0 atom stereocenters. The highest BCUT2D eigenvalue weighted by molar-refractivity contribution is 9.10. The molecule has 1 heterocycles.